The van der Waals surface area contributed by atoms with Gasteiger partial charge in [0.1, 0.15) is 0 Å². The van der Waals surface area contributed by atoms with Crippen molar-refractivity contribution in [3.8, 4) is 0 Å². The number of ether oxygens (including phenoxy) is 1. The van der Waals surface area contributed by atoms with Crippen molar-refractivity contribution in [1.82, 2.24) is 5.43 Å². The van der Waals surface area contributed by atoms with E-state index in [-0.39, 0.29) is 6.04 Å². The van der Waals surface area contributed by atoms with Crippen LogP contribution in [0.25, 0.3) is 0 Å². The largest absolute Gasteiger partial charge is 0.381 e. The summed E-state index contributed by atoms with van der Waals surface area (Å²) in [6.45, 7) is 1.64. The average molecular weight is 235 g/mol. The van der Waals surface area contributed by atoms with Crippen molar-refractivity contribution in [2.75, 3.05) is 32.2 Å². The molecule has 1 saturated heterocycles. The van der Waals surface area contributed by atoms with Crippen LogP contribution in [0.4, 0.5) is 5.69 Å². The molecule has 0 radical (unpaired) electrons. The summed E-state index contributed by atoms with van der Waals surface area (Å²) in [4.78, 5) is 2.10. The van der Waals surface area contributed by atoms with E-state index in [4.69, 9.17) is 10.6 Å². The fourth-order valence-electron chi connectivity index (χ4n) is 2.32. The monoisotopic (exact) mass is 235 g/mol. The Kier molecular flexibility index (Phi) is 3.99. The first kappa shape index (κ1) is 12.4. The number of nitrogens with two attached hydrogens (primary N) is 1. The Morgan fingerprint density at radius 2 is 2.29 bits per heavy atom. The maximum absolute atomic E-state index is 5.69. The van der Waals surface area contributed by atoms with E-state index in [9.17, 15) is 0 Å². The van der Waals surface area contributed by atoms with Crippen molar-refractivity contribution >= 4 is 5.69 Å². The third kappa shape index (κ3) is 2.77. The normalized spacial score (nSPS) is 21.5. The Balaban J connectivity index is 2.20. The highest BCUT2D eigenvalue weighted by molar-refractivity contribution is 5.47. The molecule has 0 bridgehead atoms. The fourth-order valence-corrected chi connectivity index (χ4v) is 2.32. The van der Waals surface area contributed by atoms with Crippen LogP contribution in [0.3, 0.4) is 0 Å². The summed E-state index contributed by atoms with van der Waals surface area (Å²) in [7, 11) is 4.09. The van der Waals surface area contributed by atoms with Crippen LogP contribution in [0.2, 0.25) is 0 Å². The first-order valence-electron chi connectivity index (χ1n) is 6.03. The molecule has 1 heterocycles. The topological polar surface area (TPSA) is 50.5 Å². The Labute approximate surface area is 103 Å². The second-order valence-corrected chi connectivity index (χ2v) is 4.76. The summed E-state index contributed by atoms with van der Waals surface area (Å²) in [6, 6.07) is 8.66. The minimum absolute atomic E-state index is 0.178. The maximum atomic E-state index is 5.69. The van der Waals surface area contributed by atoms with Gasteiger partial charge in [0.15, 0.2) is 0 Å². The van der Waals surface area contributed by atoms with Crippen molar-refractivity contribution in [3.63, 3.8) is 0 Å². The van der Waals surface area contributed by atoms with Crippen LogP contribution < -0.4 is 16.2 Å². The van der Waals surface area contributed by atoms with E-state index in [2.05, 4.69) is 34.6 Å². The second kappa shape index (κ2) is 5.49. The van der Waals surface area contributed by atoms with Gasteiger partial charge in [-0.3, -0.25) is 11.3 Å². The molecule has 0 saturated carbocycles. The molecule has 17 heavy (non-hydrogen) atoms. The molecule has 2 rings (SSSR count). The second-order valence-electron chi connectivity index (χ2n) is 4.76. The molecular weight excluding hydrogens is 214 g/mol. The van der Waals surface area contributed by atoms with Gasteiger partial charge in [-0.15, -0.1) is 0 Å². The molecule has 0 spiro atoms. The van der Waals surface area contributed by atoms with Crippen molar-refractivity contribution in [2.24, 2.45) is 11.8 Å². The molecule has 3 N–H and O–H groups in total. The molecule has 1 fully saturated rings. The zero-order valence-electron chi connectivity index (χ0n) is 10.5. The van der Waals surface area contributed by atoms with E-state index < -0.39 is 0 Å². The Hall–Kier alpha value is -1.10. The minimum atomic E-state index is 0.178. The van der Waals surface area contributed by atoms with Crippen molar-refractivity contribution in [2.45, 2.75) is 12.5 Å². The van der Waals surface area contributed by atoms with Gasteiger partial charge < -0.3 is 9.64 Å². The van der Waals surface area contributed by atoms with Crippen LogP contribution in [-0.4, -0.2) is 27.3 Å². The standard InChI is InChI=1S/C13H21N3O/c1-16(2)12-5-3-4-10(8-12)13(15-14)11-6-7-17-9-11/h3-5,8,11,13,15H,6-7,9,14H2,1-2H3. The van der Waals surface area contributed by atoms with Gasteiger partial charge in [-0.1, -0.05) is 12.1 Å². The van der Waals surface area contributed by atoms with Gasteiger partial charge in [-0.05, 0) is 24.1 Å². The summed E-state index contributed by atoms with van der Waals surface area (Å²) in [5, 5.41) is 0. The Morgan fingerprint density at radius 1 is 1.47 bits per heavy atom. The molecule has 0 aromatic heterocycles. The summed E-state index contributed by atoms with van der Waals surface area (Å²) in [5.41, 5.74) is 5.35. The number of nitrogens with one attached hydrogen (secondary N) is 1. The summed E-state index contributed by atoms with van der Waals surface area (Å²) in [5.74, 6) is 6.16. The number of hydrogen-bond donors (Lipinski definition) is 2. The molecule has 94 valence electrons. The lowest BCUT2D eigenvalue weighted by Crippen LogP contribution is -2.34. The van der Waals surface area contributed by atoms with Crippen molar-refractivity contribution in [1.29, 1.82) is 0 Å². The van der Waals surface area contributed by atoms with E-state index in [1.54, 1.807) is 0 Å². The van der Waals surface area contributed by atoms with Crippen LogP contribution >= 0.6 is 0 Å². The average Bonchev–Trinajstić information content (AvgIpc) is 2.84. The molecule has 1 aromatic carbocycles. The highest BCUT2D eigenvalue weighted by Gasteiger charge is 2.26. The number of nitrogens with zero attached hydrogens (tertiary/aromatic N) is 1. The summed E-state index contributed by atoms with van der Waals surface area (Å²) < 4.78 is 5.43. The van der Waals surface area contributed by atoms with Crippen LogP contribution in [0.1, 0.15) is 18.0 Å². The predicted octanol–water partition coefficient (Wildman–Crippen LogP) is 1.29. The lowest BCUT2D eigenvalue weighted by atomic mass is 9.92. The number of anilines is 1. The highest BCUT2D eigenvalue weighted by atomic mass is 16.5. The molecule has 0 amide bonds. The first-order valence-corrected chi connectivity index (χ1v) is 6.03. The van der Waals surface area contributed by atoms with Gasteiger partial charge >= 0.3 is 0 Å². The maximum Gasteiger partial charge on any atom is 0.0513 e. The van der Waals surface area contributed by atoms with Gasteiger partial charge in [0.05, 0.1) is 12.6 Å². The van der Waals surface area contributed by atoms with E-state index in [1.165, 1.54) is 11.3 Å². The molecular formula is C13H21N3O. The van der Waals surface area contributed by atoms with E-state index in [1.807, 2.05) is 14.1 Å². The van der Waals surface area contributed by atoms with Gasteiger partial charge in [0, 0.05) is 32.3 Å². The molecule has 4 nitrogen and oxygen atoms in total. The molecule has 1 aromatic rings. The Morgan fingerprint density at radius 3 is 2.88 bits per heavy atom. The zero-order chi connectivity index (χ0) is 12.3. The van der Waals surface area contributed by atoms with E-state index in [0.29, 0.717) is 5.92 Å². The van der Waals surface area contributed by atoms with Gasteiger partial charge in [-0.25, -0.2) is 0 Å². The number of benzene rings is 1. The number of hydrogen-bond acceptors (Lipinski definition) is 4. The van der Waals surface area contributed by atoms with Gasteiger partial charge in [-0.2, -0.15) is 0 Å². The van der Waals surface area contributed by atoms with E-state index in [0.717, 1.165) is 19.6 Å². The Bertz CT molecular complexity index is 361. The van der Waals surface area contributed by atoms with Crippen molar-refractivity contribution < 1.29 is 4.74 Å². The van der Waals surface area contributed by atoms with Crippen LogP contribution in [-0.2, 0) is 4.74 Å². The smallest absolute Gasteiger partial charge is 0.0513 e. The third-order valence-electron chi connectivity index (χ3n) is 3.36. The van der Waals surface area contributed by atoms with E-state index >= 15 is 0 Å². The lowest BCUT2D eigenvalue weighted by Gasteiger charge is -2.23. The van der Waals surface area contributed by atoms with Crippen LogP contribution in [0, 0.1) is 5.92 Å². The molecule has 2 atom stereocenters. The summed E-state index contributed by atoms with van der Waals surface area (Å²) >= 11 is 0. The lowest BCUT2D eigenvalue weighted by molar-refractivity contribution is 0.177. The third-order valence-corrected chi connectivity index (χ3v) is 3.36. The van der Waals surface area contributed by atoms with Crippen LogP contribution in [0.15, 0.2) is 24.3 Å². The summed E-state index contributed by atoms with van der Waals surface area (Å²) in [6.07, 6.45) is 1.07. The fraction of sp³-hybridized carbons (Fsp3) is 0.538. The van der Waals surface area contributed by atoms with Gasteiger partial charge in [0.25, 0.3) is 0 Å². The van der Waals surface area contributed by atoms with Gasteiger partial charge in [0.2, 0.25) is 0 Å². The molecule has 2 unspecified atom stereocenters. The SMILES string of the molecule is CN(C)c1cccc(C(NN)C2CCOC2)c1. The predicted molar refractivity (Wildman–Crippen MR) is 69.8 cm³/mol. The highest BCUT2D eigenvalue weighted by Crippen LogP contribution is 2.29. The molecule has 1 aliphatic rings. The number of hydrazine groups is 1. The zero-order valence-corrected chi connectivity index (χ0v) is 10.5. The molecule has 1 aliphatic heterocycles. The molecule has 0 aliphatic carbocycles. The van der Waals surface area contributed by atoms with Crippen molar-refractivity contribution in [3.05, 3.63) is 29.8 Å². The quantitative estimate of drug-likeness (QED) is 0.610. The van der Waals surface area contributed by atoms with Crippen LogP contribution in [0.5, 0.6) is 0 Å². The molecule has 4 heteroatoms. The number of rotatable bonds is 4. The first-order chi connectivity index (χ1) is 8.22. The minimum Gasteiger partial charge on any atom is -0.381 e.